The highest BCUT2D eigenvalue weighted by Gasteiger charge is 2.26. The second kappa shape index (κ2) is 10.3. The summed E-state index contributed by atoms with van der Waals surface area (Å²) in [5.41, 5.74) is 7.15. The molecule has 0 fully saturated rings. The van der Waals surface area contributed by atoms with Gasteiger partial charge in [-0.1, -0.05) is 44.2 Å². The maximum atomic E-state index is 13.1. The van der Waals surface area contributed by atoms with Gasteiger partial charge in [0.05, 0.1) is 4.90 Å². The number of rotatable bonds is 10. The van der Waals surface area contributed by atoms with E-state index in [-0.39, 0.29) is 17.4 Å². The molecule has 7 nitrogen and oxygen atoms in total. The van der Waals surface area contributed by atoms with Crippen LogP contribution in [0.15, 0.2) is 59.5 Å². The third kappa shape index (κ3) is 7.07. The number of benzene rings is 2. The molecule has 0 saturated heterocycles. The van der Waals surface area contributed by atoms with Crippen LogP contribution >= 0.6 is 0 Å². The summed E-state index contributed by atoms with van der Waals surface area (Å²) in [6.45, 7) is 4.45. The van der Waals surface area contributed by atoms with E-state index in [1.54, 1.807) is 12.1 Å². The van der Waals surface area contributed by atoms with E-state index in [1.165, 1.54) is 16.4 Å². The van der Waals surface area contributed by atoms with Crippen LogP contribution in [0.25, 0.3) is 0 Å². The normalized spacial score (nSPS) is 12.8. The molecule has 0 aliphatic rings. The molecule has 29 heavy (non-hydrogen) atoms. The minimum Gasteiger partial charge on any atom is -0.465 e. The van der Waals surface area contributed by atoms with Crippen LogP contribution in [-0.4, -0.2) is 43.1 Å². The van der Waals surface area contributed by atoms with Crippen LogP contribution < -0.4 is 11.1 Å². The largest absolute Gasteiger partial charge is 0.465 e. The van der Waals surface area contributed by atoms with Crippen molar-refractivity contribution in [2.24, 2.45) is 5.92 Å². The molecule has 2 aromatic rings. The van der Waals surface area contributed by atoms with Crippen LogP contribution in [-0.2, 0) is 16.4 Å². The molecule has 1 amide bonds. The van der Waals surface area contributed by atoms with E-state index in [2.05, 4.69) is 5.32 Å². The van der Waals surface area contributed by atoms with Crippen LogP contribution in [0.4, 0.5) is 10.5 Å². The molecule has 0 saturated carbocycles. The molecule has 158 valence electrons. The maximum Gasteiger partial charge on any atom is 0.404 e. The Morgan fingerprint density at radius 3 is 2.28 bits per heavy atom. The van der Waals surface area contributed by atoms with Crippen molar-refractivity contribution in [3.8, 4) is 0 Å². The van der Waals surface area contributed by atoms with Crippen LogP contribution in [0.5, 0.6) is 0 Å². The lowest BCUT2D eigenvalue weighted by atomic mass is 10.0. The fourth-order valence-electron chi connectivity index (χ4n) is 3.10. The van der Waals surface area contributed by atoms with Crippen LogP contribution in [0, 0.1) is 5.92 Å². The van der Waals surface area contributed by atoms with Gasteiger partial charge in [-0.15, -0.1) is 0 Å². The zero-order valence-corrected chi connectivity index (χ0v) is 17.6. The van der Waals surface area contributed by atoms with E-state index >= 15 is 0 Å². The third-order valence-electron chi connectivity index (χ3n) is 4.47. The lowest BCUT2D eigenvalue weighted by Gasteiger charge is -2.26. The van der Waals surface area contributed by atoms with Crippen molar-refractivity contribution < 1.29 is 18.3 Å². The Morgan fingerprint density at radius 2 is 1.72 bits per heavy atom. The molecule has 0 unspecified atom stereocenters. The Hall–Kier alpha value is -2.58. The van der Waals surface area contributed by atoms with Crippen molar-refractivity contribution in [2.75, 3.05) is 18.8 Å². The SMILES string of the molecule is CC(C)CN(CC[C@H](Cc1ccccc1)NC(=O)O)S(=O)(=O)c1ccc(N)cc1. The number of hydrogen-bond donors (Lipinski definition) is 3. The van der Waals surface area contributed by atoms with E-state index in [1.807, 2.05) is 44.2 Å². The molecule has 2 aromatic carbocycles. The summed E-state index contributed by atoms with van der Waals surface area (Å²) in [5.74, 6) is 0.124. The monoisotopic (exact) mass is 419 g/mol. The molecule has 2 rings (SSSR count). The molecule has 0 radical (unpaired) electrons. The summed E-state index contributed by atoms with van der Waals surface area (Å²) < 4.78 is 27.7. The highest BCUT2D eigenvalue weighted by molar-refractivity contribution is 7.89. The molecular weight excluding hydrogens is 390 g/mol. The lowest BCUT2D eigenvalue weighted by Crippen LogP contribution is -2.41. The summed E-state index contributed by atoms with van der Waals surface area (Å²) >= 11 is 0. The lowest BCUT2D eigenvalue weighted by molar-refractivity contribution is 0.188. The average molecular weight is 420 g/mol. The second-order valence-corrected chi connectivity index (χ2v) is 9.39. The number of nitrogen functional groups attached to an aromatic ring is 1. The Morgan fingerprint density at radius 1 is 1.10 bits per heavy atom. The van der Waals surface area contributed by atoms with Gasteiger partial charge < -0.3 is 16.2 Å². The number of nitrogens with one attached hydrogen (secondary N) is 1. The number of sulfonamides is 1. The molecule has 0 spiro atoms. The summed E-state index contributed by atoms with van der Waals surface area (Å²) in [7, 11) is -3.71. The molecule has 0 aliphatic heterocycles. The van der Waals surface area contributed by atoms with E-state index in [0.29, 0.717) is 25.1 Å². The molecule has 0 aliphatic carbocycles. The van der Waals surface area contributed by atoms with Gasteiger partial charge in [0.25, 0.3) is 0 Å². The fraction of sp³-hybridized carbons (Fsp3) is 0.381. The van der Waals surface area contributed by atoms with Crippen molar-refractivity contribution >= 4 is 21.8 Å². The quantitative estimate of drug-likeness (QED) is 0.512. The summed E-state index contributed by atoms with van der Waals surface area (Å²) in [6.07, 6.45) is -0.269. The topological polar surface area (TPSA) is 113 Å². The van der Waals surface area contributed by atoms with Gasteiger partial charge in [-0.3, -0.25) is 0 Å². The standard InChI is InChI=1S/C21H29N3O4S/c1-16(2)15-24(29(27,28)20-10-8-18(22)9-11-20)13-12-19(23-21(25)26)14-17-6-4-3-5-7-17/h3-11,16,19,23H,12-15,22H2,1-2H3,(H,25,26)/t19-/m1/s1. The van der Waals surface area contributed by atoms with Gasteiger partial charge in [0.15, 0.2) is 0 Å². The van der Waals surface area contributed by atoms with Gasteiger partial charge in [-0.25, -0.2) is 13.2 Å². The van der Waals surface area contributed by atoms with E-state index in [4.69, 9.17) is 5.73 Å². The highest BCUT2D eigenvalue weighted by atomic mass is 32.2. The fourth-order valence-corrected chi connectivity index (χ4v) is 4.72. The minimum atomic E-state index is -3.71. The number of carbonyl (C=O) groups is 1. The van der Waals surface area contributed by atoms with Gasteiger partial charge in [0.2, 0.25) is 10.0 Å². The molecule has 8 heteroatoms. The molecule has 0 bridgehead atoms. The Bertz CT molecular complexity index is 884. The van der Waals surface area contributed by atoms with Crippen molar-refractivity contribution in [1.82, 2.24) is 9.62 Å². The summed E-state index contributed by atoms with van der Waals surface area (Å²) in [4.78, 5) is 11.4. The van der Waals surface area contributed by atoms with Crippen molar-refractivity contribution in [3.05, 3.63) is 60.2 Å². The second-order valence-electron chi connectivity index (χ2n) is 7.45. The number of hydrogen-bond acceptors (Lipinski definition) is 4. The minimum absolute atomic E-state index is 0.124. The van der Waals surface area contributed by atoms with E-state index < -0.39 is 22.2 Å². The highest BCUT2D eigenvalue weighted by Crippen LogP contribution is 2.20. The first-order chi connectivity index (χ1) is 13.7. The molecule has 0 heterocycles. The van der Waals surface area contributed by atoms with Crippen LogP contribution in [0.2, 0.25) is 0 Å². The summed E-state index contributed by atoms with van der Waals surface area (Å²) in [6, 6.07) is 15.2. The average Bonchev–Trinajstić information content (AvgIpc) is 2.65. The van der Waals surface area contributed by atoms with Gasteiger partial charge in [-0.2, -0.15) is 4.31 Å². The molecule has 1 atom stereocenters. The number of anilines is 1. The van der Waals surface area contributed by atoms with Crippen molar-refractivity contribution in [2.45, 2.75) is 37.6 Å². The van der Waals surface area contributed by atoms with Gasteiger partial charge in [0, 0.05) is 24.8 Å². The number of nitrogens with two attached hydrogens (primary N) is 1. The van der Waals surface area contributed by atoms with Gasteiger partial charge in [0.1, 0.15) is 0 Å². The Balaban J connectivity index is 2.18. The van der Waals surface area contributed by atoms with Crippen molar-refractivity contribution in [1.29, 1.82) is 0 Å². The van der Waals surface area contributed by atoms with Gasteiger partial charge in [-0.05, 0) is 48.6 Å². The molecule has 0 aromatic heterocycles. The maximum absolute atomic E-state index is 13.1. The summed E-state index contributed by atoms with van der Waals surface area (Å²) in [5, 5.41) is 11.7. The van der Waals surface area contributed by atoms with Gasteiger partial charge >= 0.3 is 6.09 Å². The predicted octanol–water partition coefficient (Wildman–Crippen LogP) is 3.18. The first kappa shape index (κ1) is 22.7. The molecular formula is C21H29N3O4S. The van der Waals surface area contributed by atoms with E-state index in [0.717, 1.165) is 5.56 Å². The number of amides is 1. The first-order valence-corrected chi connectivity index (χ1v) is 11.0. The predicted molar refractivity (Wildman–Crippen MR) is 114 cm³/mol. The first-order valence-electron chi connectivity index (χ1n) is 9.57. The zero-order chi connectivity index (χ0) is 21.4. The van der Waals surface area contributed by atoms with Crippen LogP contribution in [0.3, 0.4) is 0 Å². The van der Waals surface area contributed by atoms with Crippen LogP contribution in [0.1, 0.15) is 25.8 Å². The smallest absolute Gasteiger partial charge is 0.404 e. The third-order valence-corrected chi connectivity index (χ3v) is 6.35. The zero-order valence-electron chi connectivity index (χ0n) is 16.8. The van der Waals surface area contributed by atoms with E-state index in [9.17, 15) is 18.3 Å². The Kier molecular flexibility index (Phi) is 8.04. The number of carboxylic acid groups (broad SMARTS) is 1. The molecule has 4 N–H and O–H groups in total. The Labute approximate surface area is 172 Å². The number of nitrogens with zero attached hydrogens (tertiary/aromatic N) is 1. The van der Waals surface area contributed by atoms with Crippen molar-refractivity contribution in [3.63, 3.8) is 0 Å².